The first-order valence-corrected chi connectivity index (χ1v) is 5.28. The van der Waals surface area contributed by atoms with Gasteiger partial charge >= 0.3 is 0 Å². The van der Waals surface area contributed by atoms with Crippen LogP contribution in [-0.2, 0) is 4.74 Å². The van der Waals surface area contributed by atoms with Gasteiger partial charge in [0.2, 0.25) is 0 Å². The highest BCUT2D eigenvalue weighted by molar-refractivity contribution is 9.09. The van der Waals surface area contributed by atoms with E-state index in [0.29, 0.717) is 5.92 Å². The van der Waals surface area contributed by atoms with Gasteiger partial charge in [0, 0.05) is 11.9 Å². The minimum Gasteiger partial charge on any atom is -0.376 e. The molecule has 0 radical (unpaired) electrons. The van der Waals surface area contributed by atoms with Crippen LogP contribution in [0.2, 0.25) is 0 Å². The first kappa shape index (κ1) is 11.4. The Morgan fingerprint density at radius 2 is 1.91 bits per heavy atom. The zero-order valence-corrected chi connectivity index (χ0v) is 9.57. The fourth-order valence-corrected chi connectivity index (χ4v) is 1.44. The van der Waals surface area contributed by atoms with Crippen molar-refractivity contribution in [1.82, 2.24) is 0 Å². The van der Waals surface area contributed by atoms with Crippen molar-refractivity contribution in [3.8, 4) is 0 Å². The molecule has 1 atom stereocenters. The number of alkyl halides is 1. The maximum atomic E-state index is 5.62. The third kappa shape index (κ3) is 8.35. The smallest absolute Gasteiger partial charge is 0.0598 e. The lowest BCUT2D eigenvalue weighted by molar-refractivity contribution is -0.0197. The minimum absolute atomic E-state index is 0.0145. The molecule has 0 aromatic carbocycles. The molecule has 0 N–H and O–H groups in total. The molecule has 0 saturated carbocycles. The van der Waals surface area contributed by atoms with Crippen molar-refractivity contribution >= 4 is 15.9 Å². The number of halogens is 1. The second-order valence-corrected chi connectivity index (χ2v) is 4.80. The number of rotatable bonds is 4. The van der Waals surface area contributed by atoms with E-state index in [-0.39, 0.29) is 5.60 Å². The van der Waals surface area contributed by atoms with Gasteiger partial charge in [-0.05, 0) is 33.1 Å². The average Bonchev–Trinajstić information content (AvgIpc) is 1.83. The van der Waals surface area contributed by atoms with E-state index in [1.165, 1.54) is 6.42 Å². The van der Waals surface area contributed by atoms with Crippen LogP contribution in [0.15, 0.2) is 0 Å². The van der Waals surface area contributed by atoms with E-state index in [2.05, 4.69) is 43.6 Å². The van der Waals surface area contributed by atoms with Gasteiger partial charge in [-0.3, -0.25) is 0 Å². The predicted molar refractivity (Wildman–Crippen MR) is 53.3 cm³/mol. The Labute approximate surface area is 78.6 Å². The second-order valence-electron chi connectivity index (χ2n) is 4.01. The standard InChI is InChI=1S/C9H19BrO/c1-8(5-6-10)7-11-9(2,3)4/h8H,5-7H2,1-4H3. The molecule has 0 amide bonds. The molecular weight excluding hydrogens is 204 g/mol. The van der Waals surface area contributed by atoms with E-state index >= 15 is 0 Å². The average molecular weight is 223 g/mol. The van der Waals surface area contributed by atoms with Gasteiger partial charge in [-0.15, -0.1) is 0 Å². The molecule has 0 heterocycles. The Morgan fingerprint density at radius 1 is 1.36 bits per heavy atom. The predicted octanol–water partition coefficient (Wildman–Crippen LogP) is 3.22. The van der Waals surface area contributed by atoms with E-state index in [1.807, 2.05) is 0 Å². The lowest BCUT2D eigenvalue weighted by Gasteiger charge is -2.22. The molecule has 0 aliphatic heterocycles. The van der Waals surface area contributed by atoms with Crippen molar-refractivity contribution in [2.24, 2.45) is 5.92 Å². The van der Waals surface area contributed by atoms with E-state index in [0.717, 1.165) is 11.9 Å². The maximum Gasteiger partial charge on any atom is 0.0598 e. The van der Waals surface area contributed by atoms with Crippen LogP contribution < -0.4 is 0 Å². The zero-order valence-electron chi connectivity index (χ0n) is 7.98. The molecule has 0 fully saturated rings. The van der Waals surface area contributed by atoms with Crippen LogP contribution in [0, 0.1) is 5.92 Å². The van der Waals surface area contributed by atoms with Crippen LogP contribution in [0.4, 0.5) is 0 Å². The fourth-order valence-electron chi connectivity index (χ4n) is 0.662. The van der Waals surface area contributed by atoms with Crippen LogP contribution in [0.1, 0.15) is 34.1 Å². The Balaban J connectivity index is 3.38. The van der Waals surface area contributed by atoms with E-state index in [1.54, 1.807) is 0 Å². The monoisotopic (exact) mass is 222 g/mol. The number of ether oxygens (including phenoxy) is 1. The number of hydrogen-bond acceptors (Lipinski definition) is 1. The maximum absolute atomic E-state index is 5.62. The molecule has 0 spiro atoms. The zero-order chi connectivity index (χ0) is 8.91. The summed E-state index contributed by atoms with van der Waals surface area (Å²) < 4.78 is 5.62. The third-order valence-electron chi connectivity index (χ3n) is 1.40. The molecule has 0 saturated heterocycles. The molecule has 0 aliphatic rings. The van der Waals surface area contributed by atoms with Gasteiger partial charge in [-0.25, -0.2) is 0 Å². The lowest BCUT2D eigenvalue weighted by Crippen LogP contribution is -2.22. The molecule has 0 aliphatic carbocycles. The molecule has 0 bridgehead atoms. The van der Waals surface area contributed by atoms with Crippen LogP contribution in [0.5, 0.6) is 0 Å². The topological polar surface area (TPSA) is 9.23 Å². The normalized spacial score (nSPS) is 15.0. The van der Waals surface area contributed by atoms with Crippen molar-refractivity contribution in [3.05, 3.63) is 0 Å². The quantitative estimate of drug-likeness (QED) is 0.665. The molecule has 0 aromatic rings. The van der Waals surface area contributed by atoms with E-state index in [4.69, 9.17) is 4.74 Å². The summed E-state index contributed by atoms with van der Waals surface area (Å²) in [4.78, 5) is 0. The molecule has 0 aromatic heterocycles. The Bertz CT molecular complexity index is 96.2. The molecule has 11 heavy (non-hydrogen) atoms. The van der Waals surface area contributed by atoms with Gasteiger partial charge in [0.1, 0.15) is 0 Å². The van der Waals surface area contributed by atoms with Gasteiger partial charge in [-0.2, -0.15) is 0 Å². The summed E-state index contributed by atoms with van der Waals surface area (Å²) in [5.74, 6) is 0.661. The highest BCUT2D eigenvalue weighted by atomic mass is 79.9. The van der Waals surface area contributed by atoms with Crippen LogP contribution >= 0.6 is 15.9 Å². The van der Waals surface area contributed by atoms with Crippen molar-refractivity contribution in [3.63, 3.8) is 0 Å². The summed E-state index contributed by atoms with van der Waals surface area (Å²) in [6.07, 6.45) is 1.19. The summed E-state index contributed by atoms with van der Waals surface area (Å²) >= 11 is 3.41. The Hall–Kier alpha value is 0.440. The van der Waals surface area contributed by atoms with Crippen LogP contribution in [-0.4, -0.2) is 17.5 Å². The Kier molecular flexibility index (Phi) is 5.36. The minimum atomic E-state index is 0.0145. The summed E-state index contributed by atoms with van der Waals surface area (Å²) in [6.45, 7) is 9.36. The molecule has 2 heteroatoms. The van der Waals surface area contributed by atoms with Crippen molar-refractivity contribution < 1.29 is 4.74 Å². The van der Waals surface area contributed by atoms with Crippen molar-refractivity contribution in [2.75, 3.05) is 11.9 Å². The van der Waals surface area contributed by atoms with Gasteiger partial charge < -0.3 is 4.74 Å². The molecule has 1 unspecified atom stereocenters. The van der Waals surface area contributed by atoms with Crippen LogP contribution in [0.3, 0.4) is 0 Å². The largest absolute Gasteiger partial charge is 0.376 e. The first-order chi connectivity index (χ1) is 4.95. The van der Waals surface area contributed by atoms with Gasteiger partial charge in [0.15, 0.2) is 0 Å². The molecule has 68 valence electrons. The molecule has 0 rings (SSSR count). The summed E-state index contributed by atoms with van der Waals surface area (Å²) in [5.41, 5.74) is 0.0145. The first-order valence-electron chi connectivity index (χ1n) is 4.15. The highest BCUT2D eigenvalue weighted by Gasteiger charge is 2.11. The lowest BCUT2D eigenvalue weighted by atomic mass is 10.1. The molecular formula is C9H19BrO. The Morgan fingerprint density at radius 3 is 2.27 bits per heavy atom. The SMILES string of the molecule is CC(CCBr)COC(C)(C)C. The summed E-state index contributed by atoms with van der Waals surface area (Å²) in [7, 11) is 0. The summed E-state index contributed by atoms with van der Waals surface area (Å²) in [5, 5.41) is 1.07. The fraction of sp³-hybridized carbons (Fsp3) is 1.00. The van der Waals surface area contributed by atoms with Gasteiger partial charge in [0.25, 0.3) is 0 Å². The van der Waals surface area contributed by atoms with Crippen molar-refractivity contribution in [2.45, 2.75) is 39.7 Å². The highest BCUT2D eigenvalue weighted by Crippen LogP contribution is 2.11. The number of hydrogen-bond donors (Lipinski definition) is 0. The van der Waals surface area contributed by atoms with E-state index in [9.17, 15) is 0 Å². The third-order valence-corrected chi connectivity index (χ3v) is 1.86. The van der Waals surface area contributed by atoms with Crippen LogP contribution in [0.25, 0.3) is 0 Å². The van der Waals surface area contributed by atoms with E-state index < -0.39 is 0 Å². The molecule has 1 nitrogen and oxygen atoms in total. The van der Waals surface area contributed by atoms with Crippen molar-refractivity contribution in [1.29, 1.82) is 0 Å². The van der Waals surface area contributed by atoms with Gasteiger partial charge in [-0.1, -0.05) is 22.9 Å². The van der Waals surface area contributed by atoms with Gasteiger partial charge in [0.05, 0.1) is 5.60 Å². The second kappa shape index (κ2) is 5.15. The summed E-state index contributed by atoms with van der Waals surface area (Å²) in [6, 6.07) is 0.